The minimum atomic E-state index is -1.13. The summed E-state index contributed by atoms with van der Waals surface area (Å²) in [5, 5.41) is 11.1. The SMILES string of the molecule is CCc1cccc(C(=O)NCC(N)C(=O)O)c1. The van der Waals surface area contributed by atoms with Gasteiger partial charge in [0.25, 0.3) is 5.91 Å². The van der Waals surface area contributed by atoms with E-state index in [0.717, 1.165) is 12.0 Å². The second-order valence-corrected chi connectivity index (χ2v) is 3.71. The van der Waals surface area contributed by atoms with Crippen LogP contribution in [0.1, 0.15) is 22.8 Å². The maximum absolute atomic E-state index is 11.7. The molecule has 0 radical (unpaired) electrons. The Labute approximate surface area is 99.6 Å². The van der Waals surface area contributed by atoms with Crippen LogP contribution in [0.25, 0.3) is 0 Å². The third kappa shape index (κ3) is 3.88. The molecule has 0 aliphatic heterocycles. The van der Waals surface area contributed by atoms with Crippen molar-refractivity contribution in [3.63, 3.8) is 0 Å². The van der Waals surface area contributed by atoms with Crippen LogP contribution in [0, 0.1) is 0 Å². The van der Waals surface area contributed by atoms with Gasteiger partial charge in [0, 0.05) is 12.1 Å². The standard InChI is InChI=1S/C12H16N2O3/c1-2-8-4-3-5-9(6-8)11(15)14-7-10(13)12(16)17/h3-6,10H,2,7,13H2,1H3,(H,14,15)(H,16,17). The van der Waals surface area contributed by atoms with Gasteiger partial charge in [0.15, 0.2) is 0 Å². The van der Waals surface area contributed by atoms with Crippen molar-refractivity contribution in [1.82, 2.24) is 5.32 Å². The van der Waals surface area contributed by atoms with E-state index in [1.54, 1.807) is 18.2 Å². The van der Waals surface area contributed by atoms with Crippen LogP contribution in [0.2, 0.25) is 0 Å². The quantitative estimate of drug-likeness (QED) is 0.689. The number of carbonyl (C=O) groups excluding carboxylic acids is 1. The van der Waals surface area contributed by atoms with E-state index < -0.39 is 12.0 Å². The third-order valence-electron chi connectivity index (χ3n) is 2.40. The smallest absolute Gasteiger partial charge is 0.322 e. The van der Waals surface area contributed by atoms with Gasteiger partial charge in [-0.2, -0.15) is 0 Å². The number of aryl methyl sites for hydroxylation is 1. The number of amides is 1. The molecule has 5 heteroatoms. The number of carboxylic acids is 1. The maximum Gasteiger partial charge on any atom is 0.322 e. The van der Waals surface area contributed by atoms with Gasteiger partial charge in [-0.1, -0.05) is 19.1 Å². The summed E-state index contributed by atoms with van der Waals surface area (Å²) in [6, 6.07) is 6.11. The van der Waals surface area contributed by atoms with E-state index in [9.17, 15) is 9.59 Å². The zero-order valence-corrected chi connectivity index (χ0v) is 9.64. The zero-order valence-electron chi connectivity index (χ0n) is 9.64. The highest BCUT2D eigenvalue weighted by molar-refractivity contribution is 5.94. The average Bonchev–Trinajstić information content (AvgIpc) is 2.35. The molecule has 0 aromatic heterocycles. The highest BCUT2D eigenvalue weighted by atomic mass is 16.4. The number of nitrogens with two attached hydrogens (primary N) is 1. The molecule has 1 atom stereocenters. The lowest BCUT2D eigenvalue weighted by atomic mass is 10.1. The molecule has 1 aromatic rings. The summed E-state index contributed by atoms with van der Waals surface area (Å²) in [5.41, 5.74) is 6.86. The first-order valence-electron chi connectivity index (χ1n) is 5.40. The number of hydrogen-bond acceptors (Lipinski definition) is 3. The van der Waals surface area contributed by atoms with Crippen molar-refractivity contribution < 1.29 is 14.7 Å². The van der Waals surface area contributed by atoms with Gasteiger partial charge in [0.05, 0.1) is 0 Å². The van der Waals surface area contributed by atoms with Gasteiger partial charge >= 0.3 is 5.97 Å². The predicted molar refractivity (Wildman–Crippen MR) is 63.8 cm³/mol. The van der Waals surface area contributed by atoms with Gasteiger partial charge < -0.3 is 16.2 Å². The Morgan fingerprint density at radius 2 is 2.18 bits per heavy atom. The Morgan fingerprint density at radius 3 is 2.76 bits per heavy atom. The van der Waals surface area contributed by atoms with E-state index >= 15 is 0 Å². The molecule has 0 bridgehead atoms. The van der Waals surface area contributed by atoms with Crippen LogP contribution in [-0.2, 0) is 11.2 Å². The number of benzene rings is 1. The molecule has 0 heterocycles. The van der Waals surface area contributed by atoms with Crippen LogP contribution in [0.4, 0.5) is 0 Å². The monoisotopic (exact) mass is 236 g/mol. The van der Waals surface area contributed by atoms with Gasteiger partial charge in [-0.05, 0) is 24.1 Å². The summed E-state index contributed by atoms with van der Waals surface area (Å²) < 4.78 is 0. The molecule has 17 heavy (non-hydrogen) atoms. The zero-order chi connectivity index (χ0) is 12.8. The fraction of sp³-hybridized carbons (Fsp3) is 0.333. The summed E-state index contributed by atoms with van der Waals surface area (Å²) in [6.45, 7) is 1.92. The minimum Gasteiger partial charge on any atom is -0.480 e. The van der Waals surface area contributed by atoms with Gasteiger partial charge in [0.2, 0.25) is 0 Å². The number of nitrogens with one attached hydrogen (secondary N) is 1. The summed E-state index contributed by atoms with van der Waals surface area (Å²) >= 11 is 0. The van der Waals surface area contributed by atoms with Gasteiger partial charge in [0.1, 0.15) is 6.04 Å². The Kier molecular flexibility index (Phi) is 4.66. The van der Waals surface area contributed by atoms with Crippen molar-refractivity contribution in [2.24, 2.45) is 5.73 Å². The molecule has 0 aliphatic carbocycles. The molecule has 0 fully saturated rings. The first kappa shape index (κ1) is 13.2. The highest BCUT2D eigenvalue weighted by Crippen LogP contribution is 2.05. The van der Waals surface area contributed by atoms with E-state index in [1.807, 2.05) is 13.0 Å². The normalized spacial score (nSPS) is 11.9. The van der Waals surface area contributed by atoms with Crippen LogP contribution in [0.15, 0.2) is 24.3 Å². The van der Waals surface area contributed by atoms with Crippen molar-refractivity contribution in [2.75, 3.05) is 6.54 Å². The maximum atomic E-state index is 11.7. The van der Waals surface area contributed by atoms with Crippen LogP contribution < -0.4 is 11.1 Å². The second kappa shape index (κ2) is 6.00. The van der Waals surface area contributed by atoms with Gasteiger partial charge in [-0.3, -0.25) is 9.59 Å². The number of aliphatic carboxylic acids is 1. The van der Waals surface area contributed by atoms with Crippen LogP contribution in [0.5, 0.6) is 0 Å². The highest BCUT2D eigenvalue weighted by Gasteiger charge is 2.13. The molecule has 1 unspecified atom stereocenters. The van der Waals surface area contributed by atoms with Crippen LogP contribution in [-0.4, -0.2) is 29.6 Å². The topological polar surface area (TPSA) is 92.4 Å². The van der Waals surface area contributed by atoms with Crippen molar-refractivity contribution in [3.05, 3.63) is 35.4 Å². The first-order chi connectivity index (χ1) is 8.04. The van der Waals surface area contributed by atoms with E-state index in [2.05, 4.69) is 5.32 Å². The fourth-order valence-corrected chi connectivity index (χ4v) is 1.32. The number of hydrogen-bond donors (Lipinski definition) is 3. The average molecular weight is 236 g/mol. The lowest BCUT2D eigenvalue weighted by Crippen LogP contribution is -2.42. The van der Waals surface area contributed by atoms with Crippen molar-refractivity contribution in [3.8, 4) is 0 Å². The lowest BCUT2D eigenvalue weighted by molar-refractivity contribution is -0.138. The Morgan fingerprint density at radius 1 is 1.47 bits per heavy atom. The number of rotatable bonds is 5. The van der Waals surface area contributed by atoms with E-state index in [1.165, 1.54) is 0 Å². The predicted octanol–water partition coefficient (Wildman–Crippen LogP) is 0.391. The van der Waals surface area contributed by atoms with Gasteiger partial charge in [-0.15, -0.1) is 0 Å². The molecule has 0 saturated carbocycles. The van der Waals surface area contributed by atoms with Crippen molar-refractivity contribution in [2.45, 2.75) is 19.4 Å². The molecule has 0 saturated heterocycles. The molecule has 1 aromatic carbocycles. The lowest BCUT2D eigenvalue weighted by Gasteiger charge is -2.09. The van der Waals surface area contributed by atoms with Crippen molar-refractivity contribution in [1.29, 1.82) is 0 Å². The molecule has 4 N–H and O–H groups in total. The minimum absolute atomic E-state index is 0.0788. The Hall–Kier alpha value is -1.88. The van der Waals surface area contributed by atoms with E-state index in [4.69, 9.17) is 10.8 Å². The Balaban J connectivity index is 2.60. The van der Waals surface area contributed by atoms with Crippen LogP contribution in [0.3, 0.4) is 0 Å². The van der Waals surface area contributed by atoms with E-state index in [-0.39, 0.29) is 12.5 Å². The largest absolute Gasteiger partial charge is 0.480 e. The van der Waals surface area contributed by atoms with Crippen molar-refractivity contribution >= 4 is 11.9 Å². The Bertz CT molecular complexity index is 418. The molecule has 1 amide bonds. The summed E-state index contributed by atoms with van der Waals surface area (Å²) in [6.07, 6.45) is 0.843. The first-order valence-corrected chi connectivity index (χ1v) is 5.40. The molecule has 92 valence electrons. The van der Waals surface area contributed by atoms with Gasteiger partial charge in [-0.25, -0.2) is 0 Å². The molecule has 1 rings (SSSR count). The third-order valence-corrected chi connectivity index (χ3v) is 2.40. The molecular formula is C12H16N2O3. The summed E-state index contributed by atoms with van der Waals surface area (Å²) in [4.78, 5) is 22.2. The molecule has 0 aliphatic rings. The summed E-state index contributed by atoms with van der Waals surface area (Å²) in [7, 11) is 0. The van der Waals surface area contributed by atoms with E-state index in [0.29, 0.717) is 5.56 Å². The van der Waals surface area contributed by atoms with Crippen LogP contribution >= 0.6 is 0 Å². The molecule has 5 nitrogen and oxygen atoms in total. The molecular weight excluding hydrogens is 220 g/mol. The molecule has 0 spiro atoms. The fourth-order valence-electron chi connectivity index (χ4n) is 1.32. The summed E-state index contributed by atoms with van der Waals surface area (Å²) in [5.74, 6) is -1.44. The number of carbonyl (C=O) groups is 2. The number of carboxylic acid groups (broad SMARTS) is 1. The second-order valence-electron chi connectivity index (χ2n) is 3.71.